The molecule has 0 heterocycles. The van der Waals surface area contributed by atoms with E-state index in [-0.39, 0.29) is 17.1 Å². The Morgan fingerprint density at radius 3 is 2.65 bits per heavy atom. The Hall–Kier alpha value is -1.18. The van der Waals surface area contributed by atoms with Crippen molar-refractivity contribution >= 4 is 27.6 Å². The molecule has 20 heavy (non-hydrogen) atoms. The van der Waals surface area contributed by atoms with Crippen LogP contribution in [0.2, 0.25) is 5.02 Å². The van der Waals surface area contributed by atoms with Gasteiger partial charge < -0.3 is 5.11 Å². The van der Waals surface area contributed by atoms with E-state index in [0.29, 0.717) is 6.42 Å². The molecule has 0 saturated heterocycles. The van der Waals surface area contributed by atoms with Gasteiger partial charge >= 0.3 is 5.97 Å². The number of sulfonamides is 1. The van der Waals surface area contributed by atoms with E-state index >= 15 is 0 Å². The van der Waals surface area contributed by atoms with Crippen molar-refractivity contribution < 1.29 is 22.7 Å². The summed E-state index contributed by atoms with van der Waals surface area (Å²) < 4.78 is 38.3. The molecule has 0 fully saturated rings. The highest BCUT2D eigenvalue weighted by atomic mass is 35.5. The van der Waals surface area contributed by atoms with Crippen LogP contribution in [0, 0.1) is 5.82 Å². The molecule has 0 unspecified atom stereocenters. The van der Waals surface area contributed by atoms with Gasteiger partial charge in [-0.05, 0) is 30.2 Å². The van der Waals surface area contributed by atoms with Crippen LogP contribution < -0.4 is 0 Å². The first-order chi connectivity index (χ1) is 9.26. The first kappa shape index (κ1) is 16.9. The lowest BCUT2D eigenvalue weighted by Crippen LogP contribution is -2.37. The third kappa shape index (κ3) is 4.73. The number of carboxylic acids is 1. The highest BCUT2D eigenvalue weighted by Crippen LogP contribution is 2.21. The molecule has 0 radical (unpaired) electrons. The van der Waals surface area contributed by atoms with E-state index in [1.165, 1.54) is 6.07 Å². The van der Waals surface area contributed by atoms with Crippen molar-refractivity contribution in [3.05, 3.63) is 34.6 Å². The average Bonchev–Trinajstić information content (AvgIpc) is 2.32. The van der Waals surface area contributed by atoms with Crippen molar-refractivity contribution in [2.75, 3.05) is 13.1 Å². The van der Waals surface area contributed by atoms with Crippen LogP contribution in [0.4, 0.5) is 4.39 Å². The van der Waals surface area contributed by atoms with Gasteiger partial charge in [0.25, 0.3) is 0 Å². The van der Waals surface area contributed by atoms with Crippen LogP contribution in [-0.4, -0.2) is 36.9 Å². The fourth-order valence-corrected chi connectivity index (χ4v) is 3.50. The smallest absolute Gasteiger partial charge is 0.318 e. The largest absolute Gasteiger partial charge is 0.480 e. The molecule has 0 spiro atoms. The van der Waals surface area contributed by atoms with Crippen LogP contribution in [0.1, 0.15) is 18.9 Å². The van der Waals surface area contributed by atoms with E-state index in [9.17, 15) is 17.6 Å². The molecule has 1 aromatic carbocycles. The SMILES string of the molecule is CCCN(CC(=O)O)S(=O)(=O)Cc1cc(F)ccc1Cl. The molecule has 0 bridgehead atoms. The van der Waals surface area contributed by atoms with E-state index in [1.807, 2.05) is 0 Å². The maximum absolute atomic E-state index is 13.1. The van der Waals surface area contributed by atoms with Crippen LogP contribution in [0.5, 0.6) is 0 Å². The standard InChI is InChI=1S/C12H15ClFNO4S/c1-2-5-15(7-12(16)17)20(18,19)8-9-6-10(14)3-4-11(9)13/h3-4,6H,2,5,7-8H2,1H3,(H,16,17). The molecule has 1 N–H and O–H groups in total. The number of halogens is 2. The van der Waals surface area contributed by atoms with E-state index in [2.05, 4.69) is 0 Å². The van der Waals surface area contributed by atoms with E-state index < -0.39 is 34.1 Å². The Morgan fingerprint density at radius 2 is 2.10 bits per heavy atom. The number of nitrogens with zero attached hydrogens (tertiary/aromatic N) is 1. The molecule has 0 aromatic heterocycles. The Kier molecular flexibility index (Phi) is 5.91. The van der Waals surface area contributed by atoms with Gasteiger partial charge in [0.15, 0.2) is 0 Å². The number of benzene rings is 1. The van der Waals surface area contributed by atoms with Crippen LogP contribution in [0.25, 0.3) is 0 Å². The molecule has 0 aliphatic carbocycles. The third-order valence-corrected chi connectivity index (χ3v) is 4.67. The van der Waals surface area contributed by atoms with Crippen molar-refractivity contribution in [2.45, 2.75) is 19.1 Å². The lowest BCUT2D eigenvalue weighted by molar-refractivity contribution is -0.137. The van der Waals surface area contributed by atoms with Gasteiger partial charge in [0.2, 0.25) is 10.0 Å². The number of hydrogen-bond acceptors (Lipinski definition) is 3. The molecule has 0 aliphatic heterocycles. The molecule has 1 rings (SSSR count). The fraction of sp³-hybridized carbons (Fsp3) is 0.417. The average molecular weight is 324 g/mol. The summed E-state index contributed by atoms with van der Waals surface area (Å²) >= 11 is 5.82. The number of carboxylic acid groups (broad SMARTS) is 1. The number of rotatable bonds is 7. The Morgan fingerprint density at radius 1 is 1.45 bits per heavy atom. The summed E-state index contributed by atoms with van der Waals surface area (Å²) in [5, 5.41) is 8.87. The second-order valence-corrected chi connectivity index (χ2v) is 6.60. The lowest BCUT2D eigenvalue weighted by atomic mass is 10.2. The first-order valence-electron chi connectivity index (χ1n) is 5.89. The Labute approximate surface area is 122 Å². The number of hydrogen-bond donors (Lipinski definition) is 1. The van der Waals surface area contributed by atoms with Crippen molar-refractivity contribution in [3.8, 4) is 0 Å². The summed E-state index contributed by atoms with van der Waals surface area (Å²) in [5.41, 5.74) is 0.109. The van der Waals surface area contributed by atoms with Gasteiger partial charge in [-0.2, -0.15) is 4.31 Å². The normalized spacial score (nSPS) is 11.8. The second kappa shape index (κ2) is 7.01. The van der Waals surface area contributed by atoms with Crippen LogP contribution in [-0.2, 0) is 20.6 Å². The minimum atomic E-state index is -3.87. The molecule has 8 heteroatoms. The van der Waals surface area contributed by atoms with Gasteiger partial charge in [0.1, 0.15) is 12.4 Å². The van der Waals surface area contributed by atoms with Gasteiger partial charge in [-0.25, -0.2) is 12.8 Å². The van der Waals surface area contributed by atoms with E-state index in [0.717, 1.165) is 16.4 Å². The summed E-state index contributed by atoms with van der Waals surface area (Å²) in [6.07, 6.45) is 0.476. The molecule has 0 aliphatic rings. The highest BCUT2D eigenvalue weighted by Gasteiger charge is 2.25. The van der Waals surface area contributed by atoms with Gasteiger partial charge in [0, 0.05) is 11.6 Å². The maximum atomic E-state index is 13.1. The van der Waals surface area contributed by atoms with Crippen molar-refractivity contribution in [1.82, 2.24) is 4.31 Å². The molecule has 5 nitrogen and oxygen atoms in total. The van der Waals surface area contributed by atoms with Gasteiger partial charge in [-0.15, -0.1) is 0 Å². The Bertz CT molecular complexity index is 591. The lowest BCUT2D eigenvalue weighted by Gasteiger charge is -2.20. The fourth-order valence-electron chi connectivity index (χ4n) is 1.66. The van der Waals surface area contributed by atoms with E-state index in [1.54, 1.807) is 6.92 Å². The summed E-state index contributed by atoms with van der Waals surface area (Å²) in [5.74, 6) is -2.37. The zero-order valence-electron chi connectivity index (χ0n) is 10.8. The minimum Gasteiger partial charge on any atom is -0.480 e. The van der Waals surface area contributed by atoms with Crippen LogP contribution in [0.3, 0.4) is 0 Å². The molecule has 1 aromatic rings. The number of aliphatic carboxylic acids is 1. The maximum Gasteiger partial charge on any atom is 0.318 e. The summed E-state index contributed by atoms with van der Waals surface area (Å²) in [6.45, 7) is 1.20. The monoisotopic (exact) mass is 323 g/mol. The predicted octanol–water partition coefficient (Wildman–Crippen LogP) is 2.11. The minimum absolute atomic E-state index is 0.0849. The predicted molar refractivity (Wildman–Crippen MR) is 73.5 cm³/mol. The highest BCUT2D eigenvalue weighted by molar-refractivity contribution is 7.88. The van der Waals surface area contributed by atoms with Gasteiger partial charge in [-0.1, -0.05) is 18.5 Å². The zero-order chi connectivity index (χ0) is 15.3. The van der Waals surface area contributed by atoms with Crippen molar-refractivity contribution in [1.29, 1.82) is 0 Å². The topological polar surface area (TPSA) is 74.7 Å². The second-order valence-electron chi connectivity index (χ2n) is 4.22. The van der Waals surface area contributed by atoms with Gasteiger partial charge in [0.05, 0.1) is 5.75 Å². The molecule has 0 atom stereocenters. The molecular formula is C12H15ClFNO4S. The van der Waals surface area contributed by atoms with Crippen LogP contribution in [0.15, 0.2) is 18.2 Å². The first-order valence-corrected chi connectivity index (χ1v) is 7.88. The van der Waals surface area contributed by atoms with Crippen molar-refractivity contribution in [2.24, 2.45) is 0 Å². The quantitative estimate of drug-likeness (QED) is 0.834. The van der Waals surface area contributed by atoms with Crippen molar-refractivity contribution in [3.63, 3.8) is 0 Å². The summed E-state index contributed by atoms with van der Waals surface area (Å²) in [4.78, 5) is 10.7. The number of carbonyl (C=O) groups is 1. The molecule has 112 valence electrons. The summed E-state index contributed by atoms with van der Waals surface area (Å²) in [7, 11) is -3.87. The Balaban J connectivity index is 3.01. The van der Waals surface area contributed by atoms with Crippen LogP contribution >= 0.6 is 11.6 Å². The molecule has 0 amide bonds. The third-order valence-electron chi connectivity index (χ3n) is 2.52. The zero-order valence-corrected chi connectivity index (χ0v) is 12.4. The van der Waals surface area contributed by atoms with E-state index in [4.69, 9.17) is 16.7 Å². The van der Waals surface area contributed by atoms with Gasteiger partial charge in [-0.3, -0.25) is 4.79 Å². The summed E-state index contributed by atoms with van der Waals surface area (Å²) in [6, 6.07) is 3.42. The molecular weight excluding hydrogens is 309 g/mol. The molecule has 0 saturated carbocycles.